The molecule has 0 aliphatic carbocycles. The molecule has 0 amide bonds. The summed E-state index contributed by atoms with van der Waals surface area (Å²) in [6.07, 6.45) is 62.0. The molecule has 13 heteroatoms. The second-order valence-corrected chi connectivity index (χ2v) is 21.3. The van der Waals surface area contributed by atoms with Gasteiger partial charge in [0.05, 0.1) is 19.8 Å². The lowest BCUT2D eigenvalue weighted by molar-refractivity contribution is -0.301. The van der Waals surface area contributed by atoms with E-state index >= 15 is 0 Å². The third kappa shape index (κ3) is 44.9. The highest BCUT2D eigenvalue weighted by molar-refractivity contribution is 7.80. The number of hydrogen-bond donors (Lipinski definition) is 4. The highest BCUT2D eigenvalue weighted by Gasteiger charge is 2.48. The van der Waals surface area contributed by atoms with Gasteiger partial charge in [-0.25, -0.2) is 4.18 Å². The number of carbonyl (C=O) groups is 1. The molecule has 0 aromatic carbocycles. The van der Waals surface area contributed by atoms with Crippen LogP contribution in [0.15, 0.2) is 85.1 Å². The van der Waals surface area contributed by atoms with Crippen LogP contribution in [0.5, 0.6) is 0 Å². The molecule has 0 bridgehead atoms. The minimum absolute atomic E-state index is 0.0203. The number of aliphatic hydroxyl groups is 3. The van der Waals surface area contributed by atoms with Crippen molar-refractivity contribution in [1.82, 2.24) is 0 Å². The predicted octanol–water partition coefficient (Wildman–Crippen LogP) is 15.1. The second kappa shape index (κ2) is 52.0. The largest absolute Gasteiger partial charge is 0.457 e. The van der Waals surface area contributed by atoms with Gasteiger partial charge >= 0.3 is 16.4 Å². The van der Waals surface area contributed by atoms with E-state index in [2.05, 4.69) is 103 Å². The summed E-state index contributed by atoms with van der Waals surface area (Å²) in [7, 11) is -5.08. The lowest BCUT2D eigenvalue weighted by Crippen LogP contribution is -2.60. The molecule has 1 heterocycles. The fourth-order valence-corrected chi connectivity index (χ4v) is 9.34. The van der Waals surface area contributed by atoms with Crippen LogP contribution in [0.1, 0.15) is 239 Å². The van der Waals surface area contributed by atoms with Crippen LogP contribution in [0.4, 0.5) is 0 Å². The van der Waals surface area contributed by atoms with E-state index in [9.17, 15) is 33.1 Å². The van der Waals surface area contributed by atoms with Crippen molar-refractivity contribution in [1.29, 1.82) is 0 Å². The number of ether oxygens (including phenoxy) is 4. The van der Waals surface area contributed by atoms with Gasteiger partial charge in [0.2, 0.25) is 0 Å². The van der Waals surface area contributed by atoms with E-state index in [4.69, 9.17) is 18.9 Å². The van der Waals surface area contributed by atoms with Gasteiger partial charge in [-0.15, -0.1) is 0 Å². The molecule has 6 unspecified atom stereocenters. The van der Waals surface area contributed by atoms with Crippen molar-refractivity contribution in [3.63, 3.8) is 0 Å². The minimum Gasteiger partial charge on any atom is -0.457 e. The van der Waals surface area contributed by atoms with Crippen molar-refractivity contribution in [3.8, 4) is 0 Å². The Bertz CT molecular complexity index is 1620. The van der Waals surface area contributed by atoms with Crippen molar-refractivity contribution in [2.75, 3.05) is 26.4 Å². The van der Waals surface area contributed by atoms with Crippen molar-refractivity contribution in [3.05, 3.63) is 85.1 Å². The van der Waals surface area contributed by atoms with Crippen LogP contribution >= 0.6 is 0 Å². The summed E-state index contributed by atoms with van der Waals surface area (Å²) in [5.41, 5.74) is 0. The molecular formula is C62H108O12S. The Morgan fingerprint density at radius 3 is 1.33 bits per heavy atom. The molecule has 4 N–H and O–H groups in total. The topological polar surface area (TPSA) is 178 Å². The molecule has 1 aliphatic heterocycles. The standard InChI is InChI=1S/C62H108O12S/c1-3-5-7-9-11-13-15-17-19-21-23-25-27-28-29-31-33-35-37-39-41-43-45-47-49-51-58(64)72-56(55-71-62-60(66)61(74-75(67,68)69)59(65)57(53-63)73-62)54-70-52-50-48-46-44-42-40-38-36-34-32-30-26-24-22-20-18-16-14-12-10-8-6-4-2/h5,7,11,13,17,19,23,25,28-29,33,35,39,41,56-57,59-63,65-66H,3-4,6,8-10,12,14-16,18,20-22,24,26-27,30-32,34,36-38,40,42-55H2,1-2H3,(H,67,68,69)/b7-5-,13-11-,19-17-,25-23-,29-28-,35-33-,41-39-. The second-order valence-electron chi connectivity index (χ2n) is 20.2. The Morgan fingerprint density at radius 1 is 0.520 bits per heavy atom. The number of allylic oxidation sites excluding steroid dienone is 14. The number of hydrogen-bond acceptors (Lipinski definition) is 11. The zero-order valence-corrected chi connectivity index (χ0v) is 47.9. The third-order valence-electron chi connectivity index (χ3n) is 13.3. The molecule has 0 saturated carbocycles. The smallest absolute Gasteiger partial charge is 0.397 e. The molecule has 1 saturated heterocycles. The molecule has 6 atom stereocenters. The summed E-state index contributed by atoms with van der Waals surface area (Å²) in [6, 6.07) is 0. The van der Waals surface area contributed by atoms with Crippen LogP contribution in [0.25, 0.3) is 0 Å². The van der Waals surface area contributed by atoms with Gasteiger partial charge in [-0.2, -0.15) is 8.42 Å². The van der Waals surface area contributed by atoms with Crippen molar-refractivity contribution in [2.45, 2.75) is 275 Å². The highest BCUT2D eigenvalue weighted by Crippen LogP contribution is 2.26. The molecule has 0 aromatic rings. The molecule has 0 aromatic heterocycles. The van der Waals surface area contributed by atoms with Crippen LogP contribution in [0.3, 0.4) is 0 Å². The normalized spacial score (nSPS) is 19.3. The SMILES string of the molecule is CC/C=C\C/C=C\C/C=C\C/C=C\C/C=C\C/C=C\C/C=C\CCCCCC(=O)OC(COCCCCCCCCCCCCCCCCCCCCCCCCC)COC1OC(CO)C(O)C(OS(=O)(=O)O)C1O. The number of esters is 1. The first-order chi connectivity index (χ1) is 36.6. The van der Waals surface area contributed by atoms with E-state index in [1.807, 2.05) is 0 Å². The van der Waals surface area contributed by atoms with Gasteiger partial charge in [0.25, 0.3) is 0 Å². The maximum absolute atomic E-state index is 13.0. The van der Waals surface area contributed by atoms with E-state index in [1.54, 1.807) is 0 Å². The van der Waals surface area contributed by atoms with Crippen LogP contribution in [-0.2, 0) is 38.3 Å². The van der Waals surface area contributed by atoms with E-state index < -0.39 is 59.8 Å². The summed E-state index contributed by atoms with van der Waals surface area (Å²) < 4.78 is 59.4. The zero-order chi connectivity index (χ0) is 54.6. The molecule has 75 heavy (non-hydrogen) atoms. The van der Waals surface area contributed by atoms with Gasteiger partial charge in [-0.05, 0) is 70.6 Å². The third-order valence-corrected chi connectivity index (χ3v) is 13.7. The van der Waals surface area contributed by atoms with Crippen LogP contribution in [-0.4, -0.2) is 97.5 Å². The molecule has 1 aliphatic rings. The summed E-state index contributed by atoms with van der Waals surface area (Å²) in [5, 5.41) is 30.9. The quantitative estimate of drug-likeness (QED) is 0.0196. The zero-order valence-electron chi connectivity index (χ0n) is 47.1. The van der Waals surface area contributed by atoms with Crippen LogP contribution in [0, 0.1) is 0 Å². The Balaban J connectivity index is 2.32. The minimum atomic E-state index is -5.08. The molecule has 0 spiro atoms. The Labute approximate surface area is 457 Å². The lowest BCUT2D eigenvalue weighted by Gasteiger charge is -2.41. The number of unbranched alkanes of at least 4 members (excludes halogenated alkanes) is 25. The Hall–Kier alpha value is -2.72. The average Bonchev–Trinajstić information content (AvgIpc) is 3.39. The first-order valence-corrected chi connectivity index (χ1v) is 31.2. The van der Waals surface area contributed by atoms with Crippen LogP contribution in [0.2, 0.25) is 0 Å². The van der Waals surface area contributed by atoms with Crippen molar-refractivity contribution in [2.24, 2.45) is 0 Å². The van der Waals surface area contributed by atoms with E-state index in [1.165, 1.54) is 128 Å². The number of carbonyl (C=O) groups excluding carboxylic acids is 1. The maximum atomic E-state index is 13.0. The Kier molecular flexibility index (Phi) is 48.7. The fraction of sp³-hybridized carbons (Fsp3) is 0.758. The highest BCUT2D eigenvalue weighted by atomic mass is 32.3. The van der Waals surface area contributed by atoms with E-state index in [0.717, 1.165) is 83.5 Å². The molecule has 0 radical (unpaired) electrons. The Morgan fingerprint density at radius 2 is 0.920 bits per heavy atom. The molecule has 1 rings (SSSR count). The fourth-order valence-electron chi connectivity index (χ4n) is 8.83. The monoisotopic (exact) mass is 1080 g/mol. The van der Waals surface area contributed by atoms with E-state index in [0.29, 0.717) is 13.0 Å². The summed E-state index contributed by atoms with van der Waals surface area (Å²) in [5.74, 6) is -0.429. The van der Waals surface area contributed by atoms with Crippen molar-refractivity contribution < 1.29 is 56.2 Å². The summed E-state index contributed by atoms with van der Waals surface area (Å²) in [4.78, 5) is 13.0. The van der Waals surface area contributed by atoms with E-state index in [-0.39, 0.29) is 19.6 Å². The van der Waals surface area contributed by atoms with Gasteiger partial charge < -0.3 is 34.3 Å². The maximum Gasteiger partial charge on any atom is 0.397 e. The molecule has 12 nitrogen and oxygen atoms in total. The van der Waals surface area contributed by atoms with Crippen LogP contribution < -0.4 is 0 Å². The molecule has 1 fully saturated rings. The van der Waals surface area contributed by atoms with Gasteiger partial charge in [-0.3, -0.25) is 9.35 Å². The molecular weight excluding hydrogens is 969 g/mol. The van der Waals surface area contributed by atoms with Gasteiger partial charge in [-0.1, -0.05) is 247 Å². The average molecular weight is 1080 g/mol. The number of aliphatic hydroxyl groups excluding tert-OH is 3. The predicted molar refractivity (Wildman–Crippen MR) is 308 cm³/mol. The number of rotatable bonds is 52. The summed E-state index contributed by atoms with van der Waals surface area (Å²) in [6.45, 7) is 3.87. The van der Waals surface area contributed by atoms with Crippen molar-refractivity contribution >= 4 is 16.4 Å². The lowest BCUT2D eigenvalue weighted by atomic mass is 9.99. The van der Waals surface area contributed by atoms with Gasteiger partial charge in [0, 0.05) is 13.0 Å². The summed E-state index contributed by atoms with van der Waals surface area (Å²) >= 11 is 0. The molecule has 434 valence electrons. The van der Waals surface area contributed by atoms with Gasteiger partial charge in [0.1, 0.15) is 30.5 Å². The first-order valence-electron chi connectivity index (χ1n) is 29.8. The van der Waals surface area contributed by atoms with Gasteiger partial charge in [0.15, 0.2) is 6.29 Å². The first kappa shape index (κ1) is 70.3.